The van der Waals surface area contributed by atoms with Crippen molar-refractivity contribution in [1.82, 2.24) is 15.1 Å². The van der Waals surface area contributed by atoms with Gasteiger partial charge in [0.1, 0.15) is 5.82 Å². The molecule has 2 aliphatic heterocycles. The van der Waals surface area contributed by atoms with E-state index < -0.39 is 0 Å². The van der Waals surface area contributed by atoms with E-state index in [-0.39, 0.29) is 29.7 Å². The van der Waals surface area contributed by atoms with Crippen LogP contribution in [0.3, 0.4) is 0 Å². The smallest absolute Gasteiger partial charge is 0.241 e. The number of carbonyl (C=O) groups excluding carboxylic acids is 2. The SMILES string of the molecule is Cc1c(CN2CCN(C(=O)C3CCCC3)[C@@H](C)C2)cc(F)cc1NC(=O)C1CCCN1. The van der Waals surface area contributed by atoms with Crippen LogP contribution in [0.1, 0.15) is 56.6 Å². The van der Waals surface area contributed by atoms with Crippen LogP contribution in [0.2, 0.25) is 0 Å². The molecule has 1 aromatic carbocycles. The number of nitrogens with zero attached hydrogens (tertiary/aromatic N) is 2. The van der Waals surface area contributed by atoms with Gasteiger partial charge in [-0.25, -0.2) is 4.39 Å². The Kier molecular flexibility index (Phi) is 6.92. The third-order valence-corrected chi connectivity index (χ3v) is 7.21. The van der Waals surface area contributed by atoms with Crippen LogP contribution in [0.15, 0.2) is 12.1 Å². The molecule has 1 aromatic rings. The van der Waals surface area contributed by atoms with Crippen LogP contribution in [0.4, 0.5) is 10.1 Å². The third kappa shape index (κ3) is 5.09. The van der Waals surface area contributed by atoms with Gasteiger partial charge in [-0.05, 0) is 69.3 Å². The number of anilines is 1. The Labute approximate surface area is 184 Å². The van der Waals surface area contributed by atoms with E-state index in [0.29, 0.717) is 18.1 Å². The molecule has 31 heavy (non-hydrogen) atoms. The van der Waals surface area contributed by atoms with E-state index in [4.69, 9.17) is 0 Å². The maximum atomic E-state index is 14.4. The molecule has 3 fully saturated rings. The molecule has 2 saturated heterocycles. The van der Waals surface area contributed by atoms with Gasteiger partial charge >= 0.3 is 0 Å². The Balaban J connectivity index is 1.39. The molecule has 2 amide bonds. The van der Waals surface area contributed by atoms with Gasteiger partial charge in [0.25, 0.3) is 0 Å². The second kappa shape index (κ2) is 9.65. The summed E-state index contributed by atoms with van der Waals surface area (Å²) in [6.07, 6.45) is 6.19. The van der Waals surface area contributed by atoms with E-state index in [1.165, 1.54) is 18.9 Å². The molecule has 0 spiro atoms. The molecule has 0 radical (unpaired) electrons. The fourth-order valence-electron chi connectivity index (χ4n) is 5.31. The lowest BCUT2D eigenvalue weighted by Gasteiger charge is -2.41. The number of amides is 2. The van der Waals surface area contributed by atoms with Crippen molar-refractivity contribution in [2.24, 2.45) is 5.92 Å². The lowest BCUT2D eigenvalue weighted by atomic mass is 10.0. The number of rotatable bonds is 5. The summed E-state index contributed by atoms with van der Waals surface area (Å²) < 4.78 is 14.4. The van der Waals surface area contributed by atoms with Gasteiger partial charge in [-0.15, -0.1) is 0 Å². The first-order valence-corrected chi connectivity index (χ1v) is 11.8. The second-order valence-electron chi connectivity index (χ2n) is 9.47. The molecule has 7 heteroatoms. The van der Waals surface area contributed by atoms with Crippen LogP contribution in [-0.2, 0) is 16.1 Å². The van der Waals surface area contributed by atoms with Gasteiger partial charge in [0, 0.05) is 43.8 Å². The summed E-state index contributed by atoms with van der Waals surface area (Å²) in [5.41, 5.74) is 2.35. The lowest BCUT2D eigenvalue weighted by molar-refractivity contribution is -0.140. The van der Waals surface area contributed by atoms with E-state index in [0.717, 1.165) is 63.0 Å². The van der Waals surface area contributed by atoms with Crippen molar-refractivity contribution in [1.29, 1.82) is 0 Å². The zero-order chi connectivity index (χ0) is 22.0. The van der Waals surface area contributed by atoms with Gasteiger partial charge in [0.15, 0.2) is 0 Å². The van der Waals surface area contributed by atoms with Gasteiger partial charge in [-0.3, -0.25) is 14.5 Å². The summed E-state index contributed by atoms with van der Waals surface area (Å²) in [4.78, 5) is 29.7. The van der Waals surface area contributed by atoms with Crippen molar-refractivity contribution in [3.8, 4) is 0 Å². The highest BCUT2D eigenvalue weighted by atomic mass is 19.1. The van der Waals surface area contributed by atoms with Crippen molar-refractivity contribution >= 4 is 17.5 Å². The first kappa shape index (κ1) is 22.2. The number of halogens is 1. The molecule has 3 aliphatic rings. The normalized spacial score (nSPS) is 25.2. The Hall–Kier alpha value is -1.99. The summed E-state index contributed by atoms with van der Waals surface area (Å²) >= 11 is 0. The predicted molar refractivity (Wildman–Crippen MR) is 119 cm³/mol. The van der Waals surface area contributed by atoms with E-state index in [1.54, 1.807) is 6.07 Å². The average molecular weight is 431 g/mol. The van der Waals surface area contributed by atoms with Gasteiger partial charge in [0.2, 0.25) is 11.8 Å². The second-order valence-corrected chi connectivity index (χ2v) is 9.47. The summed E-state index contributed by atoms with van der Waals surface area (Å²) in [6.45, 7) is 7.80. The molecule has 0 aromatic heterocycles. The average Bonchev–Trinajstić information content (AvgIpc) is 3.45. The molecule has 2 heterocycles. The largest absolute Gasteiger partial charge is 0.337 e. The fourth-order valence-corrected chi connectivity index (χ4v) is 5.31. The highest BCUT2D eigenvalue weighted by Crippen LogP contribution is 2.29. The maximum absolute atomic E-state index is 14.4. The summed E-state index contributed by atoms with van der Waals surface area (Å²) in [5.74, 6) is 0.0975. The monoisotopic (exact) mass is 430 g/mol. The van der Waals surface area contributed by atoms with Crippen LogP contribution in [0, 0.1) is 18.7 Å². The molecule has 2 atom stereocenters. The zero-order valence-corrected chi connectivity index (χ0v) is 18.8. The standard InChI is InChI=1S/C24H35FN4O2/c1-16-14-28(10-11-29(16)24(31)18-6-3-4-7-18)15-19-12-20(25)13-22(17(19)2)27-23(30)21-8-5-9-26-21/h12-13,16,18,21,26H,3-11,14-15H2,1-2H3,(H,27,30)/t16-,21?/m0/s1. The Morgan fingerprint density at radius 3 is 2.61 bits per heavy atom. The van der Waals surface area contributed by atoms with E-state index in [1.807, 2.05) is 11.8 Å². The lowest BCUT2D eigenvalue weighted by Crippen LogP contribution is -2.54. The van der Waals surface area contributed by atoms with Crippen LogP contribution >= 0.6 is 0 Å². The highest BCUT2D eigenvalue weighted by Gasteiger charge is 2.33. The van der Waals surface area contributed by atoms with Crippen molar-refractivity contribution in [2.75, 3.05) is 31.5 Å². The van der Waals surface area contributed by atoms with Crippen molar-refractivity contribution in [3.63, 3.8) is 0 Å². The highest BCUT2D eigenvalue weighted by molar-refractivity contribution is 5.95. The van der Waals surface area contributed by atoms with Crippen molar-refractivity contribution in [3.05, 3.63) is 29.1 Å². The van der Waals surface area contributed by atoms with Crippen LogP contribution in [0.5, 0.6) is 0 Å². The first-order chi connectivity index (χ1) is 14.9. The van der Waals surface area contributed by atoms with E-state index in [9.17, 15) is 14.0 Å². The number of nitrogens with one attached hydrogen (secondary N) is 2. The van der Waals surface area contributed by atoms with Gasteiger partial charge in [-0.2, -0.15) is 0 Å². The van der Waals surface area contributed by atoms with E-state index >= 15 is 0 Å². The van der Waals surface area contributed by atoms with Crippen LogP contribution in [-0.4, -0.2) is 59.9 Å². The molecule has 6 nitrogen and oxygen atoms in total. The molecule has 1 unspecified atom stereocenters. The topological polar surface area (TPSA) is 64.7 Å². The molecular formula is C24H35FN4O2. The summed E-state index contributed by atoms with van der Waals surface area (Å²) in [5, 5.41) is 6.10. The summed E-state index contributed by atoms with van der Waals surface area (Å²) in [7, 11) is 0. The van der Waals surface area contributed by atoms with Gasteiger partial charge in [-0.1, -0.05) is 12.8 Å². The molecule has 170 valence electrons. The maximum Gasteiger partial charge on any atom is 0.241 e. The minimum absolute atomic E-state index is 0.0928. The number of piperazine rings is 1. The molecular weight excluding hydrogens is 395 g/mol. The summed E-state index contributed by atoms with van der Waals surface area (Å²) in [6, 6.07) is 2.94. The van der Waals surface area contributed by atoms with Crippen LogP contribution < -0.4 is 10.6 Å². The van der Waals surface area contributed by atoms with Crippen LogP contribution in [0.25, 0.3) is 0 Å². The molecule has 0 bridgehead atoms. The minimum atomic E-state index is -0.335. The van der Waals surface area contributed by atoms with E-state index in [2.05, 4.69) is 22.5 Å². The fraction of sp³-hybridized carbons (Fsp3) is 0.667. The Bertz CT molecular complexity index is 818. The Morgan fingerprint density at radius 1 is 1.16 bits per heavy atom. The molecule has 2 N–H and O–H groups in total. The first-order valence-electron chi connectivity index (χ1n) is 11.8. The van der Waals surface area contributed by atoms with Crippen molar-refractivity contribution in [2.45, 2.75) is 71.0 Å². The number of hydrogen-bond donors (Lipinski definition) is 2. The number of benzene rings is 1. The zero-order valence-electron chi connectivity index (χ0n) is 18.8. The van der Waals surface area contributed by atoms with Crippen molar-refractivity contribution < 1.29 is 14.0 Å². The molecule has 4 rings (SSSR count). The third-order valence-electron chi connectivity index (χ3n) is 7.21. The quantitative estimate of drug-likeness (QED) is 0.754. The van der Waals surface area contributed by atoms with Gasteiger partial charge in [0.05, 0.1) is 6.04 Å². The minimum Gasteiger partial charge on any atom is -0.337 e. The Morgan fingerprint density at radius 2 is 1.94 bits per heavy atom. The predicted octanol–water partition coefficient (Wildman–Crippen LogP) is 3.05. The molecule has 1 aliphatic carbocycles. The number of carbonyl (C=O) groups is 2. The van der Waals surface area contributed by atoms with Gasteiger partial charge < -0.3 is 15.5 Å². The molecule has 1 saturated carbocycles. The number of hydrogen-bond acceptors (Lipinski definition) is 4.